The van der Waals surface area contributed by atoms with Gasteiger partial charge in [-0.15, -0.1) is 0 Å². The van der Waals surface area contributed by atoms with Crippen molar-refractivity contribution in [2.45, 2.75) is 313 Å². The molecule has 0 aromatic carbocycles. The van der Waals surface area contributed by atoms with Crippen molar-refractivity contribution in [3.63, 3.8) is 0 Å². The highest BCUT2D eigenvalue weighted by Gasteiger charge is 2.47. The second-order valence-corrected chi connectivity index (χ2v) is 20.5. The second kappa shape index (κ2) is 43.4. The first-order chi connectivity index (χ1) is 33.6. The molecule has 410 valence electrons. The number of unbranched alkanes of at least 4 members (excludes halogenated alkanes) is 33. The summed E-state index contributed by atoms with van der Waals surface area (Å²) in [6, 6.07) is 0. The van der Waals surface area contributed by atoms with Crippen molar-refractivity contribution < 1.29 is 69.0 Å². The van der Waals surface area contributed by atoms with Gasteiger partial charge in [0.15, 0.2) is 12.6 Å². The topological polar surface area (TPSA) is 214 Å². The minimum absolute atomic E-state index is 0.0700. The van der Waals surface area contributed by atoms with E-state index in [9.17, 15) is 40.5 Å². The molecular weight excluding hydrogens is 885 g/mol. The zero-order chi connectivity index (χ0) is 50.2. The maximum atomic E-state index is 13.0. The lowest BCUT2D eigenvalue weighted by Gasteiger charge is -2.42. The molecule has 2 saturated heterocycles. The van der Waals surface area contributed by atoms with Crippen LogP contribution in [0.15, 0.2) is 0 Å². The van der Waals surface area contributed by atoms with Crippen LogP contribution in [0.3, 0.4) is 0 Å². The Morgan fingerprint density at radius 2 is 0.768 bits per heavy atom. The number of hydrogen-bond donors (Lipinski definition) is 7. The van der Waals surface area contributed by atoms with Gasteiger partial charge in [0.25, 0.3) is 0 Å². The summed E-state index contributed by atoms with van der Waals surface area (Å²) >= 11 is 0. The average molecular weight is 991 g/mol. The summed E-state index contributed by atoms with van der Waals surface area (Å²) in [7, 11) is 0. The molecule has 2 aliphatic rings. The minimum Gasteiger partial charge on any atom is -0.457 e. The molecule has 69 heavy (non-hydrogen) atoms. The van der Waals surface area contributed by atoms with E-state index >= 15 is 0 Å². The fourth-order valence-corrected chi connectivity index (χ4v) is 9.46. The molecule has 14 nitrogen and oxygen atoms in total. The van der Waals surface area contributed by atoms with E-state index in [4.69, 9.17) is 28.4 Å². The lowest BCUT2D eigenvalue weighted by molar-refractivity contribution is -0.332. The molecule has 0 spiro atoms. The van der Waals surface area contributed by atoms with Gasteiger partial charge in [-0.25, -0.2) is 0 Å². The van der Waals surface area contributed by atoms with E-state index in [2.05, 4.69) is 13.8 Å². The molecule has 0 bridgehead atoms. The Balaban J connectivity index is 1.66. The molecule has 0 aliphatic carbocycles. The van der Waals surface area contributed by atoms with Crippen molar-refractivity contribution in [2.24, 2.45) is 0 Å². The molecule has 0 saturated carbocycles. The van der Waals surface area contributed by atoms with Gasteiger partial charge in [-0.05, 0) is 12.8 Å². The zero-order valence-electron chi connectivity index (χ0n) is 43.8. The van der Waals surface area contributed by atoms with Gasteiger partial charge in [-0.1, -0.05) is 226 Å². The second-order valence-electron chi connectivity index (χ2n) is 20.5. The van der Waals surface area contributed by atoms with Gasteiger partial charge in [0.05, 0.1) is 26.4 Å². The van der Waals surface area contributed by atoms with Crippen LogP contribution in [0.25, 0.3) is 0 Å². The molecule has 0 aromatic rings. The largest absolute Gasteiger partial charge is 0.457 e. The van der Waals surface area contributed by atoms with Crippen LogP contribution in [0.4, 0.5) is 0 Å². The highest BCUT2D eigenvalue weighted by atomic mass is 16.7. The predicted octanol–water partition coefficient (Wildman–Crippen LogP) is 9.64. The Labute approximate surface area is 419 Å². The van der Waals surface area contributed by atoms with Crippen molar-refractivity contribution in [3.8, 4) is 0 Å². The summed E-state index contributed by atoms with van der Waals surface area (Å²) in [5.41, 5.74) is 0. The maximum absolute atomic E-state index is 13.0. The molecular formula is C55H106O14. The lowest BCUT2D eigenvalue weighted by atomic mass is 9.98. The van der Waals surface area contributed by atoms with Crippen molar-refractivity contribution in [2.75, 3.05) is 33.0 Å². The van der Waals surface area contributed by atoms with E-state index < -0.39 is 80.7 Å². The number of aliphatic hydroxyl groups excluding tert-OH is 7. The van der Waals surface area contributed by atoms with Crippen LogP contribution in [-0.4, -0.2) is 142 Å². The van der Waals surface area contributed by atoms with Crippen molar-refractivity contribution in [3.05, 3.63) is 0 Å². The van der Waals surface area contributed by atoms with Crippen LogP contribution in [0.5, 0.6) is 0 Å². The number of esters is 1. The van der Waals surface area contributed by atoms with Crippen LogP contribution in [0.2, 0.25) is 0 Å². The van der Waals surface area contributed by atoms with E-state index in [0.29, 0.717) is 6.61 Å². The van der Waals surface area contributed by atoms with E-state index in [1.807, 2.05) is 0 Å². The van der Waals surface area contributed by atoms with E-state index in [1.165, 1.54) is 180 Å². The number of aliphatic hydroxyl groups is 7. The number of ether oxygens (including phenoxy) is 6. The van der Waals surface area contributed by atoms with E-state index in [1.54, 1.807) is 0 Å². The molecule has 2 fully saturated rings. The van der Waals surface area contributed by atoms with Crippen molar-refractivity contribution in [1.82, 2.24) is 0 Å². The molecule has 2 heterocycles. The smallest absolute Gasteiger partial charge is 0.306 e. The van der Waals surface area contributed by atoms with Gasteiger partial charge in [0.1, 0.15) is 54.9 Å². The summed E-state index contributed by atoms with van der Waals surface area (Å²) in [4.78, 5) is 13.0. The Morgan fingerprint density at radius 1 is 0.420 bits per heavy atom. The maximum Gasteiger partial charge on any atom is 0.306 e. The summed E-state index contributed by atoms with van der Waals surface area (Å²) in [6.07, 6.45) is 28.9. The molecule has 11 atom stereocenters. The Kier molecular flexibility index (Phi) is 40.3. The Bertz CT molecular complexity index is 1150. The van der Waals surface area contributed by atoms with Crippen LogP contribution in [-0.2, 0) is 33.2 Å². The predicted molar refractivity (Wildman–Crippen MR) is 271 cm³/mol. The van der Waals surface area contributed by atoms with Crippen LogP contribution in [0, 0.1) is 0 Å². The number of hydrogen-bond acceptors (Lipinski definition) is 14. The molecule has 2 rings (SSSR count). The molecule has 0 amide bonds. The third kappa shape index (κ3) is 30.7. The van der Waals surface area contributed by atoms with E-state index in [-0.39, 0.29) is 25.6 Å². The van der Waals surface area contributed by atoms with Crippen molar-refractivity contribution >= 4 is 5.97 Å². The number of carbonyl (C=O) groups is 1. The van der Waals surface area contributed by atoms with Gasteiger partial charge >= 0.3 is 5.97 Å². The highest BCUT2D eigenvalue weighted by Crippen LogP contribution is 2.27. The standard InChI is InChI=1S/C55H106O14/c1-3-5-7-9-11-13-15-16-17-18-19-20-21-22-23-24-25-26-27-28-30-32-34-36-38-47(57)67-44(41-64-39-37-35-33-31-29-14-12-10-8-6-4-2)42-65-54-53(63)51(61)49(59)46(69-54)43-66-55-52(62)50(60)48(58)45(40-56)68-55/h44-46,48-56,58-63H,3-43H2,1-2H3. The molecule has 0 radical (unpaired) electrons. The van der Waals surface area contributed by atoms with E-state index in [0.717, 1.165) is 44.9 Å². The first-order valence-electron chi connectivity index (χ1n) is 28.6. The Hall–Kier alpha value is -1.01. The monoisotopic (exact) mass is 991 g/mol. The summed E-state index contributed by atoms with van der Waals surface area (Å²) in [5, 5.41) is 72.2. The summed E-state index contributed by atoms with van der Waals surface area (Å²) in [6.45, 7) is 3.74. The Morgan fingerprint density at radius 3 is 1.17 bits per heavy atom. The first-order valence-corrected chi connectivity index (χ1v) is 28.6. The fourth-order valence-electron chi connectivity index (χ4n) is 9.46. The molecule has 0 aromatic heterocycles. The zero-order valence-corrected chi connectivity index (χ0v) is 43.8. The molecule has 2 aliphatic heterocycles. The highest BCUT2D eigenvalue weighted by molar-refractivity contribution is 5.69. The number of rotatable bonds is 47. The quantitative estimate of drug-likeness (QED) is 0.0223. The third-order valence-electron chi connectivity index (χ3n) is 14.1. The van der Waals surface area contributed by atoms with Gasteiger partial charge in [-0.3, -0.25) is 4.79 Å². The normalized spacial score (nSPS) is 25.6. The third-order valence-corrected chi connectivity index (χ3v) is 14.1. The SMILES string of the molecule is CCCCCCCCCCCCCCCCCCCCCCCCCCC(=O)OC(COCCCCCCCCCCCCC)COC1OC(COC2OC(CO)C(O)C(O)C2O)C(O)C(O)C1O. The summed E-state index contributed by atoms with van der Waals surface area (Å²) < 4.78 is 34.3. The van der Waals surface area contributed by atoms with Crippen LogP contribution >= 0.6 is 0 Å². The van der Waals surface area contributed by atoms with Gasteiger partial charge in [0, 0.05) is 13.0 Å². The number of carbonyl (C=O) groups excluding carboxylic acids is 1. The molecule has 14 heteroatoms. The van der Waals surface area contributed by atoms with Crippen LogP contribution < -0.4 is 0 Å². The van der Waals surface area contributed by atoms with Gasteiger partial charge in [0.2, 0.25) is 0 Å². The summed E-state index contributed by atoms with van der Waals surface area (Å²) in [5.74, 6) is -0.368. The van der Waals surface area contributed by atoms with Gasteiger partial charge < -0.3 is 64.2 Å². The minimum atomic E-state index is -1.70. The first kappa shape index (κ1) is 64.1. The molecule has 7 N–H and O–H groups in total. The van der Waals surface area contributed by atoms with Crippen LogP contribution in [0.1, 0.15) is 245 Å². The fraction of sp³-hybridized carbons (Fsp3) is 0.982. The average Bonchev–Trinajstić information content (AvgIpc) is 3.35. The lowest BCUT2D eigenvalue weighted by Crippen LogP contribution is -2.61. The van der Waals surface area contributed by atoms with Crippen molar-refractivity contribution in [1.29, 1.82) is 0 Å². The van der Waals surface area contributed by atoms with Gasteiger partial charge in [-0.2, -0.15) is 0 Å². The molecule has 11 unspecified atom stereocenters.